The zero-order valence-electron chi connectivity index (χ0n) is 11.3. The van der Waals surface area contributed by atoms with Crippen LogP contribution in [0.1, 0.15) is 20.3 Å². The van der Waals surface area contributed by atoms with Crippen LogP contribution in [0, 0.1) is 0 Å². The fourth-order valence-electron chi connectivity index (χ4n) is 1.32. The van der Waals surface area contributed by atoms with Gasteiger partial charge in [0.05, 0.1) is 12.1 Å². The summed E-state index contributed by atoms with van der Waals surface area (Å²) in [6.45, 7) is 4.92. The van der Waals surface area contributed by atoms with Crippen molar-refractivity contribution >= 4 is 5.91 Å². The Kier molecular flexibility index (Phi) is 5.65. The molecule has 0 atom stereocenters. The molecular formula is C14H22N2O2. The third-order valence-corrected chi connectivity index (χ3v) is 2.81. The van der Waals surface area contributed by atoms with Gasteiger partial charge >= 0.3 is 0 Å². The molecule has 0 spiro atoms. The predicted octanol–water partition coefficient (Wildman–Crippen LogP) is 1.57. The number of carbonyl (C=O) groups excluding carboxylic acids is 1. The van der Waals surface area contributed by atoms with Crippen molar-refractivity contribution in [3.8, 4) is 5.75 Å². The molecule has 1 aromatic rings. The lowest BCUT2D eigenvalue weighted by molar-refractivity contribution is -0.126. The number of hydrogen-bond donors (Lipinski definition) is 2. The summed E-state index contributed by atoms with van der Waals surface area (Å²) in [7, 11) is 1.78. The summed E-state index contributed by atoms with van der Waals surface area (Å²) in [5.74, 6) is 0.865. The summed E-state index contributed by atoms with van der Waals surface area (Å²) < 4.78 is 5.53. The van der Waals surface area contributed by atoms with Gasteiger partial charge in [0.25, 0.3) is 0 Å². The summed E-state index contributed by atoms with van der Waals surface area (Å²) in [6.07, 6.45) is 0.792. The van der Waals surface area contributed by atoms with E-state index in [1.54, 1.807) is 7.05 Å². The third-order valence-electron chi connectivity index (χ3n) is 2.81. The van der Waals surface area contributed by atoms with Gasteiger partial charge in [-0.05, 0) is 39.4 Å². The number of para-hydroxylation sites is 1. The van der Waals surface area contributed by atoms with Crippen molar-refractivity contribution in [2.24, 2.45) is 0 Å². The molecule has 1 aromatic carbocycles. The van der Waals surface area contributed by atoms with Gasteiger partial charge in [-0.25, -0.2) is 0 Å². The molecule has 18 heavy (non-hydrogen) atoms. The molecule has 0 heterocycles. The molecule has 4 nitrogen and oxygen atoms in total. The van der Waals surface area contributed by atoms with Crippen molar-refractivity contribution < 1.29 is 9.53 Å². The van der Waals surface area contributed by atoms with Gasteiger partial charge < -0.3 is 15.4 Å². The Morgan fingerprint density at radius 1 is 1.28 bits per heavy atom. The van der Waals surface area contributed by atoms with Crippen LogP contribution in [-0.2, 0) is 4.79 Å². The number of rotatable bonds is 7. The SMILES string of the molecule is CNC(C)(C)C(=O)NCCCOc1ccccc1. The molecule has 0 aliphatic carbocycles. The van der Waals surface area contributed by atoms with Crippen LogP contribution in [0.5, 0.6) is 5.75 Å². The number of nitrogens with one attached hydrogen (secondary N) is 2. The van der Waals surface area contributed by atoms with E-state index in [0.717, 1.165) is 12.2 Å². The molecule has 0 saturated carbocycles. The van der Waals surface area contributed by atoms with Crippen LogP contribution in [0.25, 0.3) is 0 Å². The fourth-order valence-corrected chi connectivity index (χ4v) is 1.32. The van der Waals surface area contributed by atoms with Crippen LogP contribution in [0.3, 0.4) is 0 Å². The van der Waals surface area contributed by atoms with Gasteiger partial charge in [-0.2, -0.15) is 0 Å². The largest absolute Gasteiger partial charge is 0.494 e. The minimum atomic E-state index is -0.527. The lowest BCUT2D eigenvalue weighted by atomic mass is 10.1. The van der Waals surface area contributed by atoms with Crippen LogP contribution in [0.4, 0.5) is 0 Å². The van der Waals surface area contributed by atoms with E-state index < -0.39 is 5.54 Å². The Bertz CT molecular complexity index is 363. The summed E-state index contributed by atoms with van der Waals surface area (Å²) in [5, 5.41) is 5.84. The zero-order valence-corrected chi connectivity index (χ0v) is 11.3. The Balaban J connectivity index is 2.14. The average Bonchev–Trinajstić information content (AvgIpc) is 2.39. The molecule has 0 saturated heterocycles. The molecule has 0 unspecified atom stereocenters. The van der Waals surface area contributed by atoms with Crippen molar-refractivity contribution in [1.82, 2.24) is 10.6 Å². The summed E-state index contributed by atoms with van der Waals surface area (Å²) in [4.78, 5) is 11.7. The lowest BCUT2D eigenvalue weighted by Gasteiger charge is -2.22. The molecule has 0 fully saturated rings. The van der Waals surface area contributed by atoms with Crippen molar-refractivity contribution in [2.45, 2.75) is 25.8 Å². The van der Waals surface area contributed by atoms with Crippen molar-refractivity contribution in [2.75, 3.05) is 20.2 Å². The van der Waals surface area contributed by atoms with Crippen LogP contribution in [0.15, 0.2) is 30.3 Å². The molecule has 1 amide bonds. The summed E-state index contributed by atoms with van der Waals surface area (Å²) in [6, 6.07) is 9.66. The van der Waals surface area contributed by atoms with E-state index in [0.29, 0.717) is 13.2 Å². The lowest BCUT2D eigenvalue weighted by Crippen LogP contribution is -2.51. The molecule has 100 valence electrons. The fraction of sp³-hybridized carbons (Fsp3) is 0.500. The van der Waals surface area contributed by atoms with Gasteiger partial charge in [-0.3, -0.25) is 4.79 Å². The second-order valence-electron chi connectivity index (χ2n) is 4.65. The van der Waals surface area contributed by atoms with E-state index in [9.17, 15) is 4.79 Å². The number of hydrogen-bond acceptors (Lipinski definition) is 3. The second-order valence-corrected chi connectivity index (χ2v) is 4.65. The quantitative estimate of drug-likeness (QED) is 0.722. The Labute approximate surface area is 109 Å². The average molecular weight is 250 g/mol. The van der Waals surface area contributed by atoms with Crippen LogP contribution >= 0.6 is 0 Å². The molecule has 4 heteroatoms. The van der Waals surface area contributed by atoms with Gasteiger partial charge in [-0.1, -0.05) is 18.2 Å². The number of ether oxygens (including phenoxy) is 1. The zero-order chi connectivity index (χ0) is 13.4. The summed E-state index contributed by atoms with van der Waals surface area (Å²) in [5.41, 5.74) is -0.527. The molecule has 2 N–H and O–H groups in total. The summed E-state index contributed by atoms with van der Waals surface area (Å²) >= 11 is 0. The highest BCUT2D eigenvalue weighted by atomic mass is 16.5. The van der Waals surface area contributed by atoms with Crippen LogP contribution < -0.4 is 15.4 Å². The number of amides is 1. The van der Waals surface area contributed by atoms with Crippen molar-refractivity contribution in [1.29, 1.82) is 0 Å². The van der Waals surface area contributed by atoms with E-state index in [1.165, 1.54) is 0 Å². The highest BCUT2D eigenvalue weighted by Gasteiger charge is 2.24. The molecule has 0 radical (unpaired) electrons. The molecular weight excluding hydrogens is 228 g/mol. The maximum atomic E-state index is 11.7. The Morgan fingerprint density at radius 2 is 1.94 bits per heavy atom. The Morgan fingerprint density at radius 3 is 2.56 bits per heavy atom. The van der Waals surface area contributed by atoms with Crippen molar-refractivity contribution in [3.05, 3.63) is 30.3 Å². The number of likely N-dealkylation sites (N-methyl/N-ethyl adjacent to an activating group) is 1. The molecule has 0 aliphatic heterocycles. The first-order valence-electron chi connectivity index (χ1n) is 6.21. The first kappa shape index (κ1) is 14.5. The van der Waals surface area contributed by atoms with Gasteiger partial charge in [0, 0.05) is 6.54 Å². The monoisotopic (exact) mass is 250 g/mol. The maximum Gasteiger partial charge on any atom is 0.239 e. The Hall–Kier alpha value is -1.55. The van der Waals surface area contributed by atoms with Crippen molar-refractivity contribution in [3.63, 3.8) is 0 Å². The third kappa shape index (κ3) is 4.75. The van der Waals surface area contributed by atoms with Crippen LogP contribution in [0.2, 0.25) is 0 Å². The molecule has 0 bridgehead atoms. The number of benzene rings is 1. The first-order chi connectivity index (χ1) is 8.56. The van der Waals surface area contributed by atoms with E-state index in [1.807, 2.05) is 44.2 Å². The molecule has 0 aromatic heterocycles. The van der Waals surface area contributed by atoms with E-state index in [-0.39, 0.29) is 5.91 Å². The minimum absolute atomic E-state index is 0.00436. The van der Waals surface area contributed by atoms with Gasteiger partial charge in [0.15, 0.2) is 0 Å². The van der Waals surface area contributed by atoms with Gasteiger partial charge in [0.1, 0.15) is 5.75 Å². The topological polar surface area (TPSA) is 50.4 Å². The van der Waals surface area contributed by atoms with E-state index in [2.05, 4.69) is 10.6 Å². The highest BCUT2D eigenvalue weighted by Crippen LogP contribution is 2.08. The van der Waals surface area contributed by atoms with E-state index >= 15 is 0 Å². The van der Waals surface area contributed by atoms with E-state index in [4.69, 9.17) is 4.74 Å². The van der Waals surface area contributed by atoms with Gasteiger partial charge in [0.2, 0.25) is 5.91 Å². The molecule has 0 aliphatic rings. The highest BCUT2D eigenvalue weighted by molar-refractivity contribution is 5.85. The standard InChI is InChI=1S/C14H22N2O2/c1-14(2,15-3)13(17)16-10-7-11-18-12-8-5-4-6-9-12/h4-6,8-9,15H,7,10-11H2,1-3H3,(H,16,17). The maximum absolute atomic E-state index is 11.7. The second kappa shape index (κ2) is 7.01. The number of carbonyl (C=O) groups is 1. The predicted molar refractivity (Wildman–Crippen MR) is 72.7 cm³/mol. The minimum Gasteiger partial charge on any atom is -0.494 e. The first-order valence-corrected chi connectivity index (χ1v) is 6.21. The smallest absolute Gasteiger partial charge is 0.239 e. The molecule has 1 rings (SSSR count). The van der Waals surface area contributed by atoms with Gasteiger partial charge in [-0.15, -0.1) is 0 Å². The normalized spacial score (nSPS) is 11.1. The van der Waals surface area contributed by atoms with Crippen LogP contribution in [-0.4, -0.2) is 31.6 Å².